The van der Waals surface area contributed by atoms with Crippen LogP contribution < -0.4 is 10.1 Å². The molecule has 0 saturated heterocycles. The number of carbonyl (C=O) groups is 1. The fourth-order valence-electron chi connectivity index (χ4n) is 2.10. The summed E-state index contributed by atoms with van der Waals surface area (Å²) in [4.78, 5) is 12.3. The van der Waals surface area contributed by atoms with Gasteiger partial charge >= 0.3 is 0 Å². The molecular weight excluding hydrogens is 410 g/mol. The monoisotopic (exact) mass is 423 g/mol. The van der Waals surface area contributed by atoms with Crippen LogP contribution in [0.1, 0.15) is 17.4 Å². The molecule has 2 heterocycles. The van der Waals surface area contributed by atoms with Gasteiger partial charge in [0.25, 0.3) is 5.91 Å². The number of aryl methyl sites for hydroxylation is 1. The van der Waals surface area contributed by atoms with Crippen molar-refractivity contribution < 1.29 is 9.53 Å². The van der Waals surface area contributed by atoms with E-state index in [9.17, 15) is 4.79 Å². The lowest BCUT2D eigenvalue weighted by Crippen LogP contribution is -2.13. The van der Waals surface area contributed by atoms with E-state index in [-0.39, 0.29) is 12.6 Å². The van der Waals surface area contributed by atoms with E-state index in [2.05, 4.69) is 31.4 Å². The number of hydrogen-bond donors (Lipinski definition) is 1. The minimum Gasteiger partial charge on any atom is -0.471 e. The molecule has 1 N–H and O–H groups in total. The van der Waals surface area contributed by atoms with Crippen LogP contribution in [0.4, 0.5) is 5.69 Å². The van der Waals surface area contributed by atoms with E-state index in [1.165, 1.54) is 0 Å². The summed E-state index contributed by atoms with van der Waals surface area (Å²) in [5.74, 6) is 0.331. The number of carbonyl (C=O) groups excluding carboxylic acids is 1. The van der Waals surface area contributed by atoms with Crippen LogP contribution in [0, 0.1) is 0 Å². The molecule has 7 nitrogen and oxygen atoms in total. The number of benzene rings is 1. The number of nitrogens with one attached hydrogen (secondary N) is 1. The van der Waals surface area contributed by atoms with Crippen molar-refractivity contribution in [3.8, 4) is 5.75 Å². The standard InChI is InChI=1S/C16H15BrClN5O2/c1-2-22-9-14(17)15(21-22)16(24)20-12-7-19-23(8-12)10-25-13-5-3-4-11(18)6-13/h3-9H,2,10H2,1H3,(H,20,24). The lowest BCUT2D eigenvalue weighted by atomic mass is 10.3. The van der Waals surface area contributed by atoms with Crippen LogP contribution in [0.15, 0.2) is 47.3 Å². The van der Waals surface area contributed by atoms with E-state index in [1.807, 2.05) is 6.92 Å². The number of anilines is 1. The molecule has 9 heteroatoms. The van der Waals surface area contributed by atoms with E-state index >= 15 is 0 Å². The molecule has 0 aliphatic carbocycles. The van der Waals surface area contributed by atoms with E-state index in [0.717, 1.165) is 0 Å². The minimum atomic E-state index is -0.311. The third-order valence-electron chi connectivity index (χ3n) is 3.31. The third-order valence-corrected chi connectivity index (χ3v) is 4.12. The summed E-state index contributed by atoms with van der Waals surface area (Å²) in [5.41, 5.74) is 0.877. The van der Waals surface area contributed by atoms with Gasteiger partial charge in [-0.3, -0.25) is 9.48 Å². The number of ether oxygens (including phenoxy) is 1. The molecule has 25 heavy (non-hydrogen) atoms. The van der Waals surface area contributed by atoms with Gasteiger partial charge in [-0.2, -0.15) is 10.2 Å². The topological polar surface area (TPSA) is 74.0 Å². The first-order valence-electron chi connectivity index (χ1n) is 7.50. The summed E-state index contributed by atoms with van der Waals surface area (Å²) in [5, 5.41) is 11.7. The Kier molecular flexibility index (Phi) is 5.40. The number of amides is 1. The Labute approximate surface area is 157 Å². The Bertz CT molecular complexity index is 892. The van der Waals surface area contributed by atoms with Crippen LogP contribution in [0.25, 0.3) is 0 Å². The largest absolute Gasteiger partial charge is 0.471 e. The van der Waals surface area contributed by atoms with Crippen molar-refractivity contribution in [3.63, 3.8) is 0 Å². The molecule has 3 rings (SSSR count). The number of halogens is 2. The lowest BCUT2D eigenvalue weighted by Gasteiger charge is -2.06. The van der Waals surface area contributed by atoms with Crippen molar-refractivity contribution in [1.82, 2.24) is 19.6 Å². The van der Waals surface area contributed by atoms with E-state index < -0.39 is 0 Å². The molecular formula is C16H15BrClN5O2. The summed E-state index contributed by atoms with van der Waals surface area (Å²) < 4.78 is 9.48. The Balaban J connectivity index is 1.61. The van der Waals surface area contributed by atoms with Crippen molar-refractivity contribution in [3.05, 3.63) is 58.0 Å². The Hall–Kier alpha value is -2.32. The third kappa shape index (κ3) is 4.40. The Morgan fingerprint density at radius 3 is 2.92 bits per heavy atom. The summed E-state index contributed by atoms with van der Waals surface area (Å²) in [6, 6.07) is 7.10. The number of rotatable bonds is 6. The molecule has 0 atom stereocenters. The molecule has 130 valence electrons. The molecule has 0 spiro atoms. The molecule has 2 aromatic heterocycles. The van der Waals surface area contributed by atoms with Gasteiger partial charge in [-0.1, -0.05) is 17.7 Å². The first-order valence-corrected chi connectivity index (χ1v) is 8.67. The first-order chi connectivity index (χ1) is 12.0. The highest BCUT2D eigenvalue weighted by atomic mass is 79.9. The maximum Gasteiger partial charge on any atom is 0.277 e. The van der Waals surface area contributed by atoms with Gasteiger partial charge < -0.3 is 10.1 Å². The van der Waals surface area contributed by atoms with E-state index in [0.29, 0.717) is 33.2 Å². The van der Waals surface area contributed by atoms with Crippen LogP contribution in [0.5, 0.6) is 5.75 Å². The maximum absolute atomic E-state index is 12.3. The molecule has 0 unspecified atom stereocenters. The minimum absolute atomic E-state index is 0.199. The molecule has 0 aliphatic heterocycles. The molecule has 0 saturated carbocycles. The summed E-state index contributed by atoms with van der Waals surface area (Å²) in [6.45, 7) is 2.83. The van der Waals surface area contributed by atoms with Gasteiger partial charge in [0.05, 0.1) is 22.6 Å². The highest BCUT2D eigenvalue weighted by Gasteiger charge is 2.15. The van der Waals surface area contributed by atoms with Gasteiger partial charge in [0.1, 0.15) is 5.75 Å². The van der Waals surface area contributed by atoms with E-state index in [4.69, 9.17) is 16.3 Å². The second kappa shape index (κ2) is 7.71. The maximum atomic E-state index is 12.3. The quantitative estimate of drug-likeness (QED) is 0.653. The number of aromatic nitrogens is 4. The smallest absolute Gasteiger partial charge is 0.277 e. The van der Waals surface area contributed by atoms with E-state index in [1.54, 1.807) is 52.2 Å². The van der Waals surface area contributed by atoms with Crippen LogP contribution in [-0.4, -0.2) is 25.5 Å². The predicted molar refractivity (Wildman–Crippen MR) is 97.9 cm³/mol. The van der Waals surface area contributed by atoms with Crippen LogP contribution in [-0.2, 0) is 13.3 Å². The summed E-state index contributed by atoms with van der Waals surface area (Å²) in [6.07, 6.45) is 4.98. The number of hydrogen-bond acceptors (Lipinski definition) is 4. The highest BCUT2D eigenvalue weighted by Crippen LogP contribution is 2.19. The lowest BCUT2D eigenvalue weighted by molar-refractivity contribution is 0.102. The Morgan fingerprint density at radius 1 is 1.36 bits per heavy atom. The van der Waals surface area contributed by atoms with Crippen molar-refractivity contribution >= 4 is 39.1 Å². The fraction of sp³-hybridized carbons (Fsp3) is 0.188. The van der Waals surface area contributed by atoms with Crippen molar-refractivity contribution in [2.75, 3.05) is 5.32 Å². The molecule has 1 amide bonds. The summed E-state index contributed by atoms with van der Waals surface area (Å²) >= 11 is 9.25. The molecule has 0 bridgehead atoms. The van der Waals surface area contributed by atoms with Gasteiger partial charge in [-0.05, 0) is 41.1 Å². The molecule has 1 aromatic carbocycles. The fourth-order valence-corrected chi connectivity index (χ4v) is 2.78. The summed E-state index contributed by atoms with van der Waals surface area (Å²) in [7, 11) is 0. The second-order valence-corrected chi connectivity index (χ2v) is 6.43. The normalized spacial score (nSPS) is 10.7. The van der Waals surface area contributed by atoms with Crippen molar-refractivity contribution in [2.24, 2.45) is 0 Å². The number of nitrogens with zero attached hydrogens (tertiary/aromatic N) is 4. The van der Waals surface area contributed by atoms with Crippen molar-refractivity contribution in [1.29, 1.82) is 0 Å². The van der Waals surface area contributed by atoms with Gasteiger partial charge in [0, 0.05) is 17.8 Å². The predicted octanol–water partition coefficient (Wildman–Crippen LogP) is 3.80. The van der Waals surface area contributed by atoms with Crippen LogP contribution in [0.3, 0.4) is 0 Å². The molecule has 0 fully saturated rings. The van der Waals surface area contributed by atoms with Gasteiger partial charge in [0.15, 0.2) is 12.4 Å². The van der Waals surface area contributed by atoms with Crippen molar-refractivity contribution in [2.45, 2.75) is 20.2 Å². The zero-order valence-electron chi connectivity index (χ0n) is 13.3. The van der Waals surface area contributed by atoms with Crippen LogP contribution in [0.2, 0.25) is 5.02 Å². The Morgan fingerprint density at radius 2 is 2.20 bits per heavy atom. The molecule has 0 radical (unpaired) electrons. The van der Waals surface area contributed by atoms with Crippen LogP contribution >= 0.6 is 27.5 Å². The van der Waals surface area contributed by atoms with Gasteiger partial charge in [-0.25, -0.2) is 4.68 Å². The van der Waals surface area contributed by atoms with Gasteiger partial charge in [0.2, 0.25) is 0 Å². The second-order valence-electron chi connectivity index (χ2n) is 5.13. The first kappa shape index (κ1) is 17.5. The zero-order chi connectivity index (χ0) is 17.8. The SMILES string of the molecule is CCn1cc(Br)c(C(=O)Nc2cnn(COc3cccc(Cl)c3)c2)n1. The average Bonchev–Trinajstić information content (AvgIpc) is 3.19. The average molecular weight is 425 g/mol. The molecule has 0 aliphatic rings. The van der Waals surface area contributed by atoms with Gasteiger partial charge in [-0.15, -0.1) is 0 Å². The highest BCUT2D eigenvalue weighted by molar-refractivity contribution is 9.10. The zero-order valence-corrected chi connectivity index (χ0v) is 15.7. The molecule has 3 aromatic rings.